The van der Waals surface area contributed by atoms with Crippen LogP contribution in [0.5, 0.6) is 0 Å². The van der Waals surface area contributed by atoms with E-state index in [9.17, 15) is 31.5 Å². The highest BCUT2D eigenvalue weighted by Gasteiger charge is 2.45. The molecule has 13 heteroatoms. The zero-order valence-electron chi connectivity index (χ0n) is 24.5. The normalized spacial score (nSPS) is 17.5. The van der Waals surface area contributed by atoms with E-state index >= 15 is 0 Å². The molecule has 3 atom stereocenters. The Morgan fingerprint density at radius 2 is 1.57 bits per heavy atom. The largest absolute Gasteiger partial charge is 0.390 e. The first-order valence-electron chi connectivity index (χ1n) is 13.6. The van der Waals surface area contributed by atoms with Crippen LogP contribution in [0.2, 0.25) is 0 Å². The minimum absolute atomic E-state index is 0.00477. The summed E-state index contributed by atoms with van der Waals surface area (Å²) in [5.41, 5.74) is 0.776. The minimum atomic E-state index is -3.83. The molecule has 228 valence electrons. The lowest BCUT2D eigenvalue weighted by Crippen LogP contribution is -2.64. The van der Waals surface area contributed by atoms with E-state index in [-0.39, 0.29) is 32.0 Å². The van der Waals surface area contributed by atoms with E-state index in [1.807, 2.05) is 36.9 Å². The smallest absolute Gasteiger partial charge is 0.244 e. The fourth-order valence-electron chi connectivity index (χ4n) is 4.63. The summed E-state index contributed by atoms with van der Waals surface area (Å²) in [5.74, 6) is -1.26. The molecular formula is C27H46N4O7S2. The molecule has 2 unspecified atom stereocenters. The first-order valence-corrected chi connectivity index (χ1v) is 17.3. The molecule has 1 fully saturated rings. The number of aliphatic hydroxyl groups excluding tert-OH is 1. The number of aliphatic hydroxyl groups is 1. The summed E-state index contributed by atoms with van der Waals surface area (Å²) in [5, 5.41) is 16.6. The lowest BCUT2D eigenvalue weighted by atomic mass is 9.98. The van der Waals surface area contributed by atoms with Crippen molar-refractivity contribution in [2.24, 2.45) is 5.92 Å². The van der Waals surface area contributed by atoms with Crippen LogP contribution in [0.25, 0.3) is 0 Å². The third-order valence-electron chi connectivity index (χ3n) is 7.30. The van der Waals surface area contributed by atoms with Crippen LogP contribution < -0.4 is 10.6 Å². The molecule has 1 aliphatic rings. The maximum absolute atomic E-state index is 13.7. The van der Waals surface area contributed by atoms with Gasteiger partial charge in [-0.25, -0.2) is 16.8 Å². The van der Waals surface area contributed by atoms with Crippen molar-refractivity contribution in [1.29, 1.82) is 0 Å². The SMILES string of the molecule is CC(C)CN(CC(O)[C@H](Cc1ccccc1)NC(=O)C(NC(=O)CN1CCCC1)C(C)(C)S(C)(=O)=O)S(C)(=O)=O. The molecule has 0 aliphatic carbocycles. The summed E-state index contributed by atoms with van der Waals surface area (Å²) < 4.78 is 49.8. The van der Waals surface area contributed by atoms with Crippen molar-refractivity contribution < 1.29 is 31.5 Å². The Morgan fingerprint density at radius 3 is 2.08 bits per heavy atom. The number of nitrogens with one attached hydrogen (secondary N) is 2. The van der Waals surface area contributed by atoms with Crippen LogP contribution in [0, 0.1) is 5.92 Å². The predicted octanol–water partition coefficient (Wildman–Crippen LogP) is 0.396. The van der Waals surface area contributed by atoms with Gasteiger partial charge in [0.05, 0.1) is 29.7 Å². The van der Waals surface area contributed by atoms with Crippen molar-refractivity contribution in [3.63, 3.8) is 0 Å². The predicted molar refractivity (Wildman–Crippen MR) is 156 cm³/mol. The number of carbonyl (C=O) groups is 2. The van der Waals surface area contributed by atoms with Crippen LogP contribution in [0.15, 0.2) is 30.3 Å². The molecule has 1 heterocycles. The molecule has 1 aliphatic heterocycles. The van der Waals surface area contributed by atoms with Gasteiger partial charge in [0.25, 0.3) is 0 Å². The number of rotatable bonds is 15. The molecule has 1 aromatic rings. The zero-order valence-corrected chi connectivity index (χ0v) is 26.1. The van der Waals surface area contributed by atoms with Gasteiger partial charge in [-0.3, -0.25) is 14.5 Å². The molecule has 0 aromatic heterocycles. The van der Waals surface area contributed by atoms with Crippen molar-refractivity contribution >= 4 is 31.7 Å². The summed E-state index contributed by atoms with van der Waals surface area (Å²) >= 11 is 0. The average molecular weight is 603 g/mol. The number of hydrogen-bond donors (Lipinski definition) is 3. The number of sulfonamides is 1. The van der Waals surface area contributed by atoms with Crippen LogP contribution in [0.4, 0.5) is 0 Å². The summed E-state index contributed by atoms with van der Waals surface area (Å²) in [6.45, 7) is 7.91. The second-order valence-corrected chi connectivity index (χ2v) is 16.3. The zero-order chi connectivity index (χ0) is 30.3. The fraction of sp³-hybridized carbons (Fsp3) is 0.704. The van der Waals surface area contributed by atoms with E-state index in [1.54, 1.807) is 12.1 Å². The molecule has 1 aromatic carbocycles. The molecular weight excluding hydrogens is 556 g/mol. The van der Waals surface area contributed by atoms with Gasteiger partial charge in [-0.1, -0.05) is 44.2 Å². The molecule has 2 rings (SSSR count). The van der Waals surface area contributed by atoms with Crippen LogP contribution in [0.3, 0.4) is 0 Å². The van der Waals surface area contributed by atoms with E-state index in [1.165, 1.54) is 18.2 Å². The molecule has 40 heavy (non-hydrogen) atoms. The number of nitrogens with zero attached hydrogens (tertiary/aromatic N) is 2. The number of amides is 2. The van der Waals surface area contributed by atoms with Crippen molar-refractivity contribution in [3.8, 4) is 0 Å². The van der Waals surface area contributed by atoms with Gasteiger partial charge in [-0.15, -0.1) is 0 Å². The van der Waals surface area contributed by atoms with Gasteiger partial charge in [-0.2, -0.15) is 4.31 Å². The maximum Gasteiger partial charge on any atom is 0.244 e. The van der Waals surface area contributed by atoms with Crippen LogP contribution >= 0.6 is 0 Å². The van der Waals surface area contributed by atoms with Gasteiger partial charge in [0.15, 0.2) is 9.84 Å². The summed E-state index contributed by atoms with van der Waals surface area (Å²) in [4.78, 5) is 28.6. The summed E-state index contributed by atoms with van der Waals surface area (Å²) in [6, 6.07) is 6.62. The van der Waals surface area contributed by atoms with E-state index in [4.69, 9.17) is 0 Å². The lowest BCUT2D eigenvalue weighted by molar-refractivity contribution is -0.131. The summed E-state index contributed by atoms with van der Waals surface area (Å²) in [6.07, 6.45) is 2.83. The van der Waals surface area contributed by atoms with Gasteiger partial charge >= 0.3 is 0 Å². The standard InChI is InChI=1S/C27H46N4O7S2/c1-20(2)17-31(40(6,37)38)18-23(32)22(16-21-12-8-7-9-13-21)28-26(34)25(27(3,4)39(5,35)36)29-24(33)19-30-14-10-11-15-30/h7-9,12-13,20,22-23,25,32H,10-11,14-19H2,1-6H3,(H,28,34)(H,29,33)/t22-,23?,25?/m0/s1. The van der Waals surface area contributed by atoms with Crippen molar-refractivity contribution in [2.45, 2.75) is 69.9 Å². The van der Waals surface area contributed by atoms with Gasteiger partial charge in [0, 0.05) is 19.3 Å². The first kappa shape index (κ1) is 34.1. The minimum Gasteiger partial charge on any atom is -0.390 e. The topological polar surface area (TPSA) is 153 Å². The molecule has 3 N–H and O–H groups in total. The Hall–Kier alpha value is -2.06. The molecule has 0 bridgehead atoms. The van der Waals surface area contributed by atoms with E-state index < -0.39 is 54.6 Å². The van der Waals surface area contributed by atoms with E-state index in [0.717, 1.165) is 44.0 Å². The van der Waals surface area contributed by atoms with E-state index in [2.05, 4.69) is 10.6 Å². The Kier molecular flexibility index (Phi) is 12.1. The van der Waals surface area contributed by atoms with Crippen LogP contribution in [-0.2, 0) is 35.9 Å². The van der Waals surface area contributed by atoms with Gasteiger partial charge in [0.1, 0.15) is 6.04 Å². The number of likely N-dealkylation sites (tertiary alicyclic amines) is 1. The number of carbonyl (C=O) groups excluding carboxylic acids is 2. The molecule has 1 saturated heterocycles. The van der Waals surface area contributed by atoms with Crippen molar-refractivity contribution in [3.05, 3.63) is 35.9 Å². The Labute approximate surface area is 239 Å². The molecule has 2 amide bonds. The fourth-order valence-corrected chi connectivity index (χ4v) is 6.21. The number of hydrogen-bond acceptors (Lipinski definition) is 8. The third-order valence-corrected chi connectivity index (χ3v) is 10.7. The second-order valence-electron chi connectivity index (χ2n) is 11.7. The number of benzene rings is 1. The highest BCUT2D eigenvalue weighted by atomic mass is 32.2. The maximum atomic E-state index is 13.7. The van der Waals surface area contributed by atoms with Gasteiger partial charge < -0.3 is 15.7 Å². The Bertz CT molecular complexity index is 1200. The first-order chi connectivity index (χ1) is 18.4. The third kappa shape index (κ3) is 10.1. The van der Waals surface area contributed by atoms with Crippen molar-refractivity contribution in [1.82, 2.24) is 19.8 Å². The van der Waals surface area contributed by atoms with Gasteiger partial charge in [-0.05, 0) is 57.7 Å². The molecule has 11 nitrogen and oxygen atoms in total. The number of sulfone groups is 1. The molecule has 0 saturated carbocycles. The quantitative estimate of drug-likeness (QED) is 0.261. The Balaban J connectivity index is 2.37. The lowest BCUT2D eigenvalue weighted by Gasteiger charge is -2.35. The second kappa shape index (κ2) is 14.2. The average Bonchev–Trinajstić information content (AvgIpc) is 3.33. The monoisotopic (exact) mass is 602 g/mol. The van der Waals surface area contributed by atoms with Crippen molar-refractivity contribution in [2.75, 3.05) is 45.2 Å². The van der Waals surface area contributed by atoms with Crippen LogP contribution in [0.1, 0.15) is 46.1 Å². The molecule has 0 radical (unpaired) electrons. The van der Waals surface area contributed by atoms with Gasteiger partial charge in [0.2, 0.25) is 21.8 Å². The highest BCUT2D eigenvalue weighted by molar-refractivity contribution is 7.92. The highest BCUT2D eigenvalue weighted by Crippen LogP contribution is 2.22. The van der Waals surface area contributed by atoms with E-state index in [0.29, 0.717) is 0 Å². The summed E-state index contributed by atoms with van der Waals surface area (Å²) in [7, 11) is -7.48. The molecule has 0 spiro atoms. The van der Waals surface area contributed by atoms with Crippen LogP contribution in [-0.4, -0.2) is 111 Å². The Morgan fingerprint density at radius 1 is 1.00 bits per heavy atom.